The highest BCUT2D eigenvalue weighted by atomic mass is 16.4. The molecule has 0 saturated heterocycles. The number of amides is 1. The number of benzene rings is 1. The molecular weight excluding hydrogens is 206 g/mol. The summed E-state index contributed by atoms with van der Waals surface area (Å²) in [4.78, 5) is 21.3. The van der Waals surface area contributed by atoms with Gasteiger partial charge in [0.15, 0.2) is 0 Å². The molecule has 1 amide bonds. The Labute approximate surface area is 92.7 Å². The van der Waals surface area contributed by atoms with Crippen molar-refractivity contribution in [2.24, 2.45) is 5.73 Å². The Morgan fingerprint density at radius 3 is 2.31 bits per heavy atom. The van der Waals surface area contributed by atoms with Crippen molar-refractivity contribution in [2.45, 2.75) is 0 Å². The van der Waals surface area contributed by atoms with Gasteiger partial charge in [-0.2, -0.15) is 0 Å². The maximum absolute atomic E-state index is 10.9. The van der Waals surface area contributed by atoms with Crippen LogP contribution >= 0.6 is 0 Å². The minimum atomic E-state index is -1.20. The second kappa shape index (κ2) is 5.50. The van der Waals surface area contributed by atoms with Crippen LogP contribution in [0.25, 0.3) is 6.08 Å². The van der Waals surface area contributed by atoms with Gasteiger partial charge in [-0.1, -0.05) is 36.4 Å². The van der Waals surface area contributed by atoms with E-state index in [-0.39, 0.29) is 5.57 Å². The normalized spacial score (nSPS) is 11.6. The van der Waals surface area contributed by atoms with E-state index in [0.717, 1.165) is 11.6 Å². The summed E-state index contributed by atoms with van der Waals surface area (Å²) in [6, 6.07) is 9.19. The zero-order valence-electron chi connectivity index (χ0n) is 8.46. The molecule has 4 heteroatoms. The van der Waals surface area contributed by atoms with E-state index in [2.05, 4.69) is 0 Å². The monoisotopic (exact) mass is 217 g/mol. The standard InChI is InChI=1S/C12H11NO3/c13-12(16)10(8-11(14)15)7-6-9-4-2-1-3-5-9/h1-8H,(H2,13,16)(H,14,15)/b7-6+,10-8-. The summed E-state index contributed by atoms with van der Waals surface area (Å²) in [6.45, 7) is 0. The quantitative estimate of drug-likeness (QED) is 0.587. The number of rotatable bonds is 4. The molecule has 1 rings (SSSR count). The summed E-state index contributed by atoms with van der Waals surface area (Å²) in [5.41, 5.74) is 5.84. The first-order valence-electron chi connectivity index (χ1n) is 4.57. The van der Waals surface area contributed by atoms with Crippen LogP contribution < -0.4 is 5.73 Å². The summed E-state index contributed by atoms with van der Waals surface area (Å²) >= 11 is 0. The number of carbonyl (C=O) groups excluding carboxylic acids is 1. The van der Waals surface area contributed by atoms with Crippen LogP contribution in [0.5, 0.6) is 0 Å². The predicted molar refractivity (Wildman–Crippen MR) is 60.4 cm³/mol. The fourth-order valence-corrected chi connectivity index (χ4v) is 1.08. The molecule has 0 aliphatic carbocycles. The van der Waals surface area contributed by atoms with Crippen molar-refractivity contribution in [3.8, 4) is 0 Å². The van der Waals surface area contributed by atoms with E-state index >= 15 is 0 Å². The second-order valence-electron chi connectivity index (χ2n) is 3.05. The third kappa shape index (κ3) is 3.79. The van der Waals surface area contributed by atoms with Crippen molar-refractivity contribution in [2.75, 3.05) is 0 Å². The van der Waals surface area contributed by atoms with Gasteiger partial charge >= 0.3 is 5.97 Å². The van der Waals surface area contributed by atoms with Crippen molar-refractivity contribution < 1.29 is 14.7 Å². The summed E-state index contributed by atoms with van der Waals surface area (Å²) in [7, 11) is 0. The number of carboxylic acids is 1. The lowest BCUT2D eigenvalue weighted by Gasteiger charge is -1.94. The lowest BCUT2D eigenvalue weighted by Crippen LogP contribution is -2.13. The molecule has 3 N–H and O–H groups in total. The Bertz CT molecular complexity index is 447. The van der Waals surface area contributed by atoms with Gasteiger partial charge in [0.25, 0.3) is 0 Å². The van der Waals surface area contributed by atoms with E-state index in [1.54, 1.807) is 6.08 Å². The van der Waals surface area contributed by atoms with E-state index in [0.29, 0.717) is 0 Å². The topological polar surface area (TPSA) is 80.4 Å². The molecule has 0 heterocycles. The first-order chi connectivity index (χ1) is 7.59. The van der Waals surface area contributed by atoms with Crippen molar-refractivity contribution in [1.29, 1.82) is 0 Å². The summed E-state index contributed by atoms with van der Waals surface area (Å²) < 4.78 is 0. The molecule has 4 nitrogen and oxygen atoms in total. The van der Waals surface area contributed by atoms with Crippen LogP contribution in [0.15, 0.2) is 48.1 Å². The molecule has 82 valence electrons. The van der Waals surface area contributed by atoms with Crippen LogP contribution in [0, 0.1) is 0 Å². The predicted octanol–water partition coefficient (Wildman–Crippen LogP) is 1.20. The Hall–Kier alpha value is -2.36. The zero-order valence-corrected chi connectivity index (χ0v) is 8.46. The molecule has 0 bridgehead atoms. The van der Waals surface area contributed by atoms with Gasteiger partial charge in [0.1, 0.15) is 0 Å². The van der Waals surface area contributed by atoms with Gasteiger partial charge in [-0.25, -0.2) is 4.79 Å². The molecule has 0 fully saturated rings. The Morgan fingerprint density at radius 2 is 1.81 bits per heavy atom. The van der Waals surface area contributed by atoms with Crippen molar-refractivity contribution in [3.05, 3.63) is 53.6 Å². The maximum atomic E-state index is 10.9. The molecule has 0 aromatic heterocycles. The van der Waals surface area contributed by atoms with Crippen molar-refractivity contribution in [3.63, 3.8) is 0 Å². The van der Waals surface area contributed by atoms with Crippen molar-refractivity contribution in [1.82, 2.24) is 0 Å². The van der Waals surface area contributed by atoms with Gasteiger partial charge < -0.3 is 10.8 Å². The number of primary amides is 1. The highest BCUT2D eigenvalue weighted by Gasteiger charge is 2.02. The zero-order chi connectivity index (χ0) is 12.0. The van der Waals surface area contributed by atoms with Gasteiger partial charge in [-0.3, -0.25) is 4.79 Å². The number of hydrogen-bond acceptors (Lipinski definition) is 2. The van der Waals surface area contributed by atoms with E-state index < -0.39 is 11.9 Å². The molecule has 0 unspecified atom stereocenters. The fourth-order valence-electron chi connectivity index (χ4n) is 1.08. The number of hydrogen-bond donors (Lipinski definition) is 2. The van der Waals surface area contributed by atoms with E-state index in [1.165, 1.54) is 6.08 Å². The Kier molecular flexibility index (Phi) is 4.03. The second-order valence-corrected chi connectivity index (χ2v) is 3.05. The first-order valence-corrected chi connectivity index (χ1v) is 4.57. The lowest BCUT2D eigenvalue weighted by atomic mass is 10.1. The Morgan fingerprint density at radius 1 is 1.19 bits per heavy atom. The van der Waals surface area contributed by atoms with Crippen molar-refractivity contribution >= 4 is 18.0 Å². The molecule has 0 atom stereocenters. The van der Waals surface area contributed by atoms with E-state index in [4.69, 9.17) is 10.8 Å². The first kappa shape index (κ1) is 11.7. The summed E-state index contributed by atoms with van der Waals surface area (Å²) in [6.07, 6.45) is 3.78. The number of carboxylic acid groups (broad SMARTS) is 1. The summed E-state index contributed by atoms with van der Waals surface area (Å²) in [5.74, 6) is -1.97. The molecule has 0 saturated carbocycles. The third-order valence-electron chi connectivity index (χ3n) is 1.82. The van der Waals surface area contributed by atoms with Crippen LogP contribution in [0.4, 0.5) is 0 Å². The SMILES string of the molecule is NC(=O)C(=C\C(=O)O)/C=C/c1ccccc1. The van der Waals surface area contributed by atoms with Crippen LogP contribution in [0.2, 0.25) is 0 Å². The van der Waals surface area contributed by atoms with Gasteiger partial charge in [0.2, 0.25) is 5.91 Å². The molecule has 0 radical (unpaired) electrons. The average Bonchev–Trinajstić information content (AvgIpc) is 2.25. The van der Waals surface area contributed by atoms with Crippen LogP contribution in [0.3, 0.4) is 0 Å². The Balaban J connectivity index is 2.89. The van der Waals surface area contributed by atoms with E-state index in [9.17, 15) is 9.59 Å². The highest BCUT2D eigenvalue weighted by Crippen LogP contribution is 2.04. The fraction of sp³-hybridized carbons (Fsp3) is 0. The maximum Gasteiger partial charge on any atom is 0.329 e. The van der Waals surface area contributed by atoms with E-state index in [1.807, 2.05) is 30.3 Å². The van der Waals surface area contributed by atoms with Crippen LogP contribution in [-0.2, 0) is 9.59 Å². The number of nitrogens with two attached hydrogens (primary N) is 1. The molecule has 0 aliphatic heterocycles. The van der Waals surface area contributed by atoms with Crippen LogP contribution in [0.1, 0.15) is 5.56 Å². The highest BCUT2D eigenvalue weighted by molar-refractivity contribution is 6.01. The molecule has 1 aromatic rings. The smallest absolute Gasteiger partial charge is 0.329 e. The van der Waals surface area contributed by atoms with Gasteiger partial charge in [-0.05, 0) is 11.6 Å². The number of aliphatic carboxylic acids is 1. The third-order valence-corrected chi connectivity index (χ3v) is 1.82. The minimum Gasteiger partial charge on any atom is -0.478 e. The molecule has 0 spiro atoms. The number of carbonyl (C=O) groups is 2. The minimum absolute atomic E-state index is 0.0450. The van der Waals surface area contributed by atoms with Gasteiger partial charge in [0.05, 0.1) is 0 Å². The van der Waals surface area contributed by atoms with Gasteiger partial charge in [-0.15, -0.1) is 0 Å². The molecule has 0 aliphatic rings. The van der Waals surface area contributed by atoms with Gasteiger partial charge in [0, 0.05) is 11.6 Å². The molecule has 1 aromatic carbocycles. The molecular formula is C12H11NO3. The van der Waals surface area contributed by atoms with Crippen LogP contribution in [-0.4, -0.2) is 17.0 Å². The largest absolute Gasteiger partial charge is 0.478 e. The molecule has 16 heavy (non-hydrogen) atoms. The average molecular weight is 217 g/mol. The lowest BCUT2D eigenvalue weighted by molar-refractivity contribution is -0.131. The summed E-state index contributed by atoms with van der Waals surface area (Å²) in [5, 5.41) is 8.51.